The summed E-state index contributed by atoms with van der Waals surface area (Å²) in [4.78, 5) is 0. The largest absolute Gasteiger partial charge is 0.310 e. The summed E-state index contributed by atoms with van der Waals surface area (Å²) in [5, 5.41) is 4.53. The van der Waals surface area contributed by atoms with E-state index < -0.39 is 0 Å². The topological polar surface area (TPSA) is 12.0 Å². The van der Waals surface area contributed by atoms with Gasteiger partial charge in [-0.3, -0.25) is 0 Å². The van der Waals surface area contributed by atoms with Gasteiger partial charge in [0.25, 0.3) is 0 Å². The lowest BCUT2D eigenvalue weighted by Crippen LogP contribution is -2.17. The molecular formula is C10H13Cl2N. The molecule has 0 heterocycles. The SMILES string of the molecule is CCN[C@@H](C)c1ccc(Cl)c(Cl)c1. The highest BCUT2D eigenvalue weighted by atomic mass is 35.5. The van der Waals surface area contributed by atoms with E-state index in [-0.39, 0.29) is 0 Å². The predicted octanol–water partition coefficient (Wildman–Crippen LogP) is 3.66. The fourth-order valence-electron chi connectivity index (χ4n) is 1.21. The van der Waals surface area contributed by atoms with Crippen molar-refractivity contribution in [3.05, 3.63) is 33.8 Å². The van der Waals surface area contributed by atoms with Gasteiger partial charge in [0.2, 0.25) is 0 Å². The van der Waals surface area contributed by atoms with Crippen molar-refractivity contribution in [1.82, 2.24) is 5.32 Å². The lowest BCUT2D eigenvalue weighted by atomic mass is 10.1. The fraction of sp³-hybridized carbons (Fsp3) is 0.400. The molecular weight excluding hydrogens is 205 g/mol. The van der Waals surface area contributed by atoms with Crippen LogP contribution in [0.5, 0.6) is 0 Å². The van der Waals surface area contributed by atoms with Crippen LogP contribution in [0.15, 0.2) is 18.2 Å². The molecule has 0 amide bonds. The van der Waals surface area contributed by atoms with E-state index in [1.807, 2.05) is 18.2 Å². The van der Waals surface area contributed by atoms with E-state index >= 15 is 0 Å². The average molecular weight is 218 g/mol. The van der Waals surface area contributed by atoms with Crippen LogP contribution in [-0.2, 0) is 0 Å². The minimum absolute atomic E-state index is 0.319. The number of hydrogen-bond donors (Lipinski definition) is 1. The lowest BCUT2D eigenvalue weighted by Gasteiger charge is -2.12. The zero-order valence-electron chi connectivity index (χ0n) is 7.77. The van der Waals surface area contributed by atoms with Crippen LogP contribution in [0, 0.1) is 0 Å². The van der Waals surface area contributed by atoms with Crippen LogP contribution >= 0.6 is 23.2 Å². The monoisotopic (exact) mass is 217 g/mol. The Labute approximate surface area is 89.0 Å². The van der Waals surface area contributed by atoms with Crippen LogP contribution < -0.4 is 5.32 Å². The van der Waals surface area contributed by atoms with E-state index in [0.717, 1.165) is 12.1 Å². The molecule has 0 saturated carbocycles. The van der Waals surface area contributed by atoms with Gasteiger partial charge in [-0.25, -0.2) is 0 Å². The van der Waals surface area contributed by atoms with E-state index in [1.54, 1.807) is 0 Å². The molecule has 0 unspecified atom stereocenters. The maximum Gasteiger partial charge on any atom is 0.0595 e. The van der Waals surface area contributed by atoms with Crippen molar-refractivity contribution in [3.63, 3.8) is 0 Å². The first-order chi connectivity index (χ1) is 6.15. The van der Waals surface area contributed by atoms with Gasteiger partial charge < -0.3 is 5.32 Å². The molecule has 1 rings (SSSR count). The minimum atomic E-state index is 0.319. The molecule has 1 aromatic carbocycles. The molecule has 0 aliphatic rings. The highest BCUT2D eigenvalue weighted by Gasteiger charge is 2.05. The van der Waals surface area contributed by atoms with Crippen molar-refractivity contribution in [2.75, 3.05) is 6.54 Å². The van der Waals surface area contributed by atoms with Gasteiger partial charge in [-0.1, -0.05) is 36.2 Å². The molecule has 13 heavy (non-hydrogen) atoms. The van der Waals surface area contributed by atoms with Crippen molar-refractivity contribution in [3.8, 4) is 0 Å². The van der Waals surface area contributed by atoms with Crippen molar-refractivity contribution in [2.24, 2.45) is 0 Å². The second-order valence-electron chi connectivity index (χ2n) is 2.95. The van der Waals surface area contributed by atoms with Crippen LogP contribution in [-0.4, -0.2) is 6.54 Å². The van der Waals surface area contributed by atoms with E-state index in [9.17, 15) is 0 Å². The third-order valence-electron chi connectivity index (χ3n) is 1.95. The van der Waals surface area contributed by atoms with Gasteiger partial charge in [0.05, 0.1) is 10.0 Å². The van der Waals surface area contributed by atoms with Crippen LogP contribution in [0.4, 0.5) is 0 Å². The summed E-state index contributed by atoms with van der Waals surface area (Å²) in [6.45, 7) is 5.12. The summed E-state index contributed by atoms with van der Waals surface area (Å²) >= 11 is 11.7. The maximum atomic E-state index is 5.90. The van der Waals surface area contributed by atoms with E-state index in [4.69, 9.17) is 23.2 Å². The van der Waals surface area contributed by atoms with Crippen molar-refractivity contribution >= 4 is 23.2 Å². The molecule has 0 radical (unpaired) electrons. The van der Waals surface area contributed by atoms with Gasteiger partial charge in [-0.05, 0) is 31.2 Å². The van der Waals surface area contributed by atoms with E-state index in [1.165, 1.54) is 0 Å². The lowest BCUT2D eigenvalue weighted by molar-refractivity contribution is 0.598. The molecule has 1 atom stereocenters. The second-order valence-corrected chi connectivity index (χ2v) is 3.77. The minimum Gasteiger partial charge on any atom is -0.310 e. The Morgan fingerprint density at radius 1 is 1.31 bits per heavy atom. The van der Waals surface area contributed by atoms with E-state index in [2.05, 4.69) is 19.2 Å². The van der Waals surface area contributed by atoms with Gasteiger partial charge >= 0.3 is 0 Å². The molecule has 0 fully saturated rings. The third kappa shape index (κ3) is 2.87. The second kappa shape index (κ2) is 4.85. The Kier molecular flexibility index (Phi) is 4.04. The first-order valence-electron chi connectivity index (χ1n) is 4.33. The highest BCUT2D eigenvalue weighted by molar-refractivity contribution is 6.42. The number of halogens is 2. The molecule has 1 aromatic rings. The summed E-state index contributed by atoms with van der Waals surface area (Å²) in [6.07, 6.45) is 0. The van der Waals surface area contributed by atoms with Crippen LogP contribution in [0.1, 0.15) is 25.5 Å². The van der Waals surface area contributed by atoms with Crippen LogP contribution in [0.25, 0.3) is 0 Å². The summed E-state index contributed by atoms with van der Waals surface area (Å²) in [6, 6.07) is 6.03. The number of hydrogen-bond acceptors (Lipinski definition) is 1. The Morgan fingerprint density at radius 3 is 2.54 bits per heavy atom. The summed E-state index contributed by atoms with van der Waals surface area (Å²) in [5.41, 5.74) is 1.16. The van der Waals surface area contributed by atoms with Crippen LogP contribution in [0.2, 0.25) is 10.0 Å². The molecule has 0 aromatic heterocycles. The molecule has 0 spiro atoms. The smallest absolute Gasteiger partial charge is 0.0595 e. The quantitative estimate of drug-likeness (QED) is 0.816. The van der Waals surface area contributed by atoms with Gasteiger partial charge in [0.1, 0.15) is 0 Å². The van der Waals surface area contributed by atoms with Crippen molar-refractivity contribution < 1.29 is 0 Å². The van der Waals surface area contributed by atoms with E-state index in [0.29, 0.717) is 16.1 Å². The molecule has 3 heteroatoms. The van der Waals surface area contributed by atoms with Crippen LogP contribution in [0.3, 0.4) is 0 Å². The van der Waals surface area contributed by atoms with Crippen molar-refractivity contribution in [2.45, 2.75) is 19.9 Å². The van der Waals surface area contributed by atoms with Gasteiger partial charge in [-0.15, -0.1) is 0 Å². The molecule has 1 nitrogen and oxygen atoms in total. The van der Waals surface area contributed by atoms with Gasteiger partial charge in [-0.2, -0.15) is 0 Å². The average Bonchev–Trinajstić information content (AvgIpc) is 2.10. The maximum absolute atomic E-state index is 5.90. The normalized spacial score (nSPS) is 12.9. The van der Waals surface area contributed by atoms with Gasteiger partial charge in [0.15, 0.2) is 0 Å². The Morgan fingerprint density at radius 2 is 2.00 bits per heavy atom. The fourth-order valence-corrected chi connectivity index (χ4v) is 1.51. The Balaban J connectivity index is 2.84. The first kappa shape index (κ1) is 10.8. The summed E-state index contributed by atoms with van der Waals surface area (Å²) in [5.74, 6) is 0. The summed E-state index contributed by atoms with van der Waals surface area (Å²) in [7, 11) is 0. The molecule has 0 aliphatic carbocycles. The molecule has 72 valence electrons. The highest BCUT2D eigenvalue weighted by Crippen LogP contribution is 2.25. The third-order valence-corrected chi connectivity index (χ3v) is 2.69. The van der Waals surface area contributed by atoms with Gasteiger partial charge in [0, 0.05) is 6.04 Å². The molecule has 0 bridgehead atoms. The number of rotatable bonds is 3. The Bertz CT molecular complexity index is 286. The summed E-state index contributed by atoms with van der Waals surface area (Å²) < 4.78 is 0. The predicted molar refractivity (Wildman–Crippen MR) is 58.6 cm³/mol. The van der Waals surface area contributed by atoms with Crippen molar-refractivity contribution in [1.29, 1.82) is 0 Å². The Hall–Kier alpha value is -0.240. The number of nitrogens with one attached hydrogen (secondary N) is 1. The molecule has 1 N–H and O–H groups in total. The first-order valence-corrected chi connectivity index (χ1v) is 5.09. The number of benzene rings is 1. The zero-order valence-corrected chi connectivity index (χ0v) is 9.28. The molecule has 0 saturated heterocycles. The standard InChI is InChI=1S/C10H13Cl2N/c1-3-13-7(2)8-4-5-9(11)10(12)6-8/h4-7,13H,3H2,1-2H3/t7-/m0/s1. The molecule has 0 aliphatic heterocycles. The zero-order chi connectivity index (χ0) is 9.84.